The van der Waals surface area contributed by atoms with E-state index in [4.69, 9.17) is 4.74 Å². The predicted molar refractivity (Wildman–Crippen MR) is 87.5 cm³/mol. The maximum atomic E-state index is 12.4. The Bertz CT molecular complexity index is 785. The van der Waals surface area contributed by atoms with Gasteiger partial charge in [0.15, 0.2) is 12.4 Å². The molecule has 0 amide bonds. The Morgan fingerprint density at radius 3 is 2.87 bits per heavy atom. The molecule has 1 aromatic heterocycles. The molecule has 2 aromatic rings. The van der Waals surface area contributed by atoms with Crippen LogP contribution in [0.15, 0.2) is 18.2 Å². The second-order valence-corrected chi connectivity index (χ2v) is 6.97. The van der Waals surface area contributed by atoms with Crippen LogP contribution in [-0.4, -0.2) is 23.3 Å². The van der Waals surface area contributed by atoms with Crippen LogP contribution in [0.3, 0.4) is 0 Å². The van der Waals surface area contributed by atoms with Crippen LogP contribution in [0, 0.1) is 11.8 Å². The van der Waals surface area contributed by atoms with E-state index >= 15 is 0 Å². The average molecular weight is 311 g/mol. The van der Waals surface area contributed by atoms with Crippen LogP contribution in [0.25, 0.3) is 10.9 Å². The molecule has 1 unspecified atom stereocenters. The minimum absolute atomic E-state index is 0.0464. The third-order valence-corrected chi connectivity index (χ3v) is 5.07. The average Bonchev–Trinajstić information content (AvgIpc) is 3.34. The standard InChI is InChI=1S/C19H21NO3/c1-11-5-8-16-15(9-11)13-3-2-4-14(18(13)20-16)19(22)23-10-17(21)12-6-7-12/h2-4,11-12,20H,5-10H2,1H3. The number of H-pyrrole nitrogens is 1. The van der Waals surface area contributed by atoms with Crippen LogP contribution in [-0.2, 0) is 22.4 Å². The minimum Gasteiger partial charge on any atom is -0.454 e. The fourth-order valence-electron chi connectivity index (χ4n) is 3.52. The van der Waals surface area contributed by atoms with Crippen molar-refractivity contribution in [3.05, 3.63) is 35.0 Å². The van der Waals surface area contributed by atoms with Gasteiger partial charge in [-0.1, -0.05) is 19.1 Å². The van der Waals surface area contributed by atoms with Crippen LogP contribution in [0.5, 0.6) is 0 Å². The molecule has 1 aromatic carbocycles. The van der Waals surface area contributed by atoms with Crippen LogP contribution in [0.2, 0.25) is 0 Å². The van der Waals surface area contributed by atoms with Crippen LogP contribution < -0.4 is 0 Å². The number of ether oxygens (including phenoxy) is 1. The molecule has 4 heteroatoms. The zero-order valence-electron chi connectivity index (χ0n) is 13.4. The quantitative estimate of drug-likeness (QED) is 0.880. The smallest absolute Gasteiger partial charge is 0.340 e. The van der Waals surface area contributed by atoms with Crippen LogP contribution in [0.1, 0.15) is 47.8 Å². The third kappa shape index (κ3) is 2.67. The van der Waals surface area contributed by atoms with Gasteiger partial charge in [0.2, 0.25) is 0 Å². The Morgan fingerprint density at radius 2 is 2.09 bits per heavy atom. The minimum atomic E-state index is -0.406. The zero-order chi connectivity index (χ0) is 16.0. The highest BCUT2D eigenvalue weighted by molar-refractivity contribution is 6.05. The van der Waals surface area contributed by atoms with Gasteiger partial charge in [-0.15, -0.1) is 0 Å². The summed E-state index contributed by atoms with van der Waals surface area (Å²) < 4.78 is 5.24. The summed E-state index contributed by atoms with van der Waals surface area (Å²) in [4.78, 5) is 27.5. The molecule has 4 rings (SSSR count). The molecule has 0 spiro atoms. The first kappa shape index (κ1) is 14.5. The van der Waals surface area contributed by atoms with Crippen molar-refractivity contribution in [3.63, 3.8) is 0 Å². The monoisotopic (exact) mass is 311 g/mol. The number of aryl methyl sites for hydroxylation is 1. The van der Waals surface area contributed by atoms with Gasteiger partial charge in [0.05, 0.1) is 11.1 Å². The summed E-state index contributed by atoms with van der Waals surface area (Å²) in [6.45, 7) is 2.17. The molecule has 1 fully saturated rings. The number of Topliss-reactive ketones (excluding diaryl/α,β-unsaturated/α-hetero) is 1. The molecule has 1 heterocycles. The first-order valence-electron chi connectivity index (χ1n) is 8.45. The summed E-state index contributed by atoms with van der Waals surface area (Å²) in [7, 11) is 0. The molecule has 1 N–H and O–H groups in total. The van der Waals surface area contributed by atoms with Crippen molar-refractivity contribution in [2.75, 3.05) is 6.61 Å². The zero-order valence-corrected chi connectivity index (χ0v) is 13.4. The van der Waals surface area contributed by atoms with Crippen LogP contribution in [0.4, 0.5) is 0 Å². The molecule has 0 bridgehead atoms. The van der Waals surface area contributed by atoms with Gasteiger partial charge < -0.3 is 9.72 Å². The third-order valence-electron chi connectivity index (χ3n) is 5.07. The lowest BCUT2D eigenvalue weighted by Crippen LogP contribution is -2.15. The van der Waals surface area contributed by atoms with Crippen molar-refractivity contribution in [1.82, 2.24) is 4.98 Å². The Hall–Kier alpha value is -2.10. The second-order valence-electron chi connectivity index (χ2n) is 6.97. The highest BCUT2D eigenvalue weighted by Crippen LogP contribution is 2.33. The molecule has 23 heavy (non-hydrogen) atoms. The number of carbonyl (C=O) groups is 2. The van der Waals surface area contributed by atoms with Crippen molar-refractivity contribution in [3.8, 4) is 0 Å². The number of ketones is 1. The first-order chi connectivity index (χ1) is 11.1. The van der Waals surface area contributed by atoms with Gasteiger partial charge in [-0.2, -0.15) is 0 Å². The molecular formula is C19H21NO3. The lowest BCUT2D eigenvalue weighted by molar-refractivity contribution is -0.123. The molecule has 0 radical (unpaired) electrons. The number of benzene rings is 1. The summed E-state index contributed by atoms with van der Waals surface area (Å²) >= 11 is 0. The van der Waals surface area contributed by atoms with Crippen molar-refractivity contribution >= 4 is 22.7 Å². The molecule has 4 nitrogen and oxygen atoms in total. The molecule has 0 saturated heterocycles. The van der Waals surface area contributed by atoms with Crippen molar-refractivity contribution in [1.29, 1.82) is 0 Å². The lowest BCUT2D eigenvalue weighted by atomic mass is 9.87. The molecule has 120 valence electrons. The van der Waals surface area contributed by atoms with Crippen LogP contribution >= 0.6 is 0 Å². The highest BCUT2D eigenvalue weighted by Gasteiger charge is 2.30. The lowest BCUT2D eigenvalue weighted by Gasteiger charge is -2.17. The van der Waals surface area contributed by atoms with E-state index < -0.39 is 5.97 Å². The van der Waals surface area contributed by atoms with E-state index in [-0.39, 0.29) is 18.3 Å². The number of hydrogen-bond donors (Lipinski definition) is 1. The van der Waals surface area contributed by atoms with Crippen molar-refractivity contribution in [2.45, 2.75) is 39.0 Å². The topological polar surface area (TPSA) is 59.2 Å². The van der Waals surface area contributed by atoms with Crippen molar-refractivity contribution < 1.29 is 14.3 Å². The number of para-hydroxylation sites is 1. The van der Waals surface area contributed by atoms with Gasteiger partial charge in [0.1, 0.15) is 0 Å². The second kappa shape index (κ2) is 5.52. The van der Waals surface area contributed by atoms with Gasteiger partial charge in [-0.25, -0.2) is 4.79 Å². The number of carbonyl (C=O) groups excluding carboxylic acids is 2. The molecule has 2 aliphatic carbocycles. The molecular weight excluding hydrogens is 290 g/mol. The number of nitrogens with one attached hydrogen (secondary N) is 1. The van der Waals surface area contributed by atoms with E-state index in [9.17, 15) is 9.59 Å². The van der Waals surface area contributed by atoms with E-state index in [1.54, 1.807) is 6.07 Å². The Kier molecular flexibility index (Phi) is 3.47. The number of aromatic nitrogens is 1. The first-order valence-corrected chi connectivity index (χ1v) is 8.45. The van der Waals surface area contributed by atoms with Crippen molar-refractivity contribution in [2.24, 2.45) is 11.8 Å². The maximum absolute atomic E-state index is 12.4. The van der Waals surface area contributed by atoms with Gasteiger partial charge in [-0.05, 0) is 49.7 Å². The number of rotatable bonds is 4. The summed E-state index contributed by atoms with van der Waals surface area (Å²) in [5.41, 5.74) is 3.97. The summed E-state index contributed by atoms with van der Waals surface area (Å²) in [5, 5.41) is 1.12. The normalized spacial score (nSPS) is 20.3. The summed E-state index contributed by atoms with van der Waals surface area (Å²) in [5.74, 6) is 0.438. The Balaban J connectivity index is 1.62. The number of hydrogen-bond acceptors (Lipinski definition) is 3. The molecule has 0 aliphatic heterocycles. The Morgan fingerprint density at radius 1 is 1.26 bits per heavy atom. The largest absolute Gasteiger partial charge is 0.454 e. The van der Waals surface area contributed by atoms with Gasteiger partial charge in [0, 0.05) is 17.0 Å². The van der Waals surface area contributed by atoms with Gasteiger partial charge in [0.25, 0.3) is 0 Å². The SMILES string of the molecule is CC1CCc2[nH]c3c(C(=O)OCC(=O)C4CC4)cccc3c2C1. The van der Waals surface area contributed by atoms with E-state index in [0.717, 1.165) is 36.6 Å². The van der Waals surface area contributed by atoms with Gasteiger partial charge >= 0.3 is 5.97 Å². The summed E-state index contributed by atoms with van der Waals surface area (Å²) in [6, 6.07) is 5.74. The maximum Gasteiger partial charge on any atom is 0.340 e. The fraction of sp³-hybridized carbons (Fsp3) is 0.474. The number of fused-ring (bicyclic) bond motifs is 3. The fourth-order valence-corrected chi connectivity index (χ4v) is 3.52. The van der Waals surface area contributed by atoms with E-state index in [2.05, 4.69) is 18.0 Å². The summed E-state index contributed by atoms with van der Waals surface area (Å²) in [6.07, 6.45) is 5.13. The van der Waals surface area contributed by atoms with E-state index in [1.165, 1.54) is 17.7 Å². The number of aromatic amines is 1. The highest BCUT2D eigenvalue weighted by atomic mass is 16.5. The van der Waals surface area contributed by atoms with Gasteiger partial charge in [-0.3, -0.25) is 4.79 Å². The van der Waals surface area contributed by atoms with E-state index in [1.807, 2.05) is 6.07 Å². The Labute approximate surface area is 135 Å². The molecule has 1 atom stereocenters. The number of esters is 1. The van der Waals surface area contributed by atoms with E-state index in [0.29, 0.717) is 11.5 Å². The predicted octanol–water partition coefficient (Wildman–Crippen LogP) is 3.43. The molecule has 1 saturated carbocycles. The molecule has 2 aliphatic rings.